The van der Waals surface area contributed by atoms with Crippen molar-refractivity contribution >= 4 is 17.5 Å². The number of hydrogen-bond donors (Lipinski definition) is 2. The average molecular weight is 362 g/mol. The molecule has 0 aliphatic carbocycles. The van der Waals surface area contributed by atoms with Crippen LogP contribution in [0.15, 0.2) is 72.8 Å². The molecule has 0 radical (unpaired) electrons. The maximum Gasteiger partial charge on any atom is 0.255 e. The summed E-state index contributed by atoms with van der Waals surface area (Å²) in [5.41, 5.74) is 2.98. The van der Waals surface area contributed by atoms with Crippen LogP contribution in [-0.4, -0.2) is 11.8 Å². The second kappa shape index (κ2) is 8.27. The van der Waals surface area contributed by atoms with Gasteiger partial charge in [0.2, 0.25) is 0 Å². The summed E-state index contributed by atoms with van der Waals surface area (Å²) in [5, 5.41) is 5.52. The first kappa shape index (κ1) is 18.3. The van der Waals surface area contributed by atoms with Crippen molar-refractivity contribution in [2.75, 3.05) is 5.32 Å². The lowest BCUT2D eigenvalue weighted by atomic mass is 10.1. The van der Waals surface area contributed by atoms with Gasteiger partial charge in [0.1, 0.15) is 5.82 Å². The van der Waals surface area contributed by atoms with Gasteiger partial charge in [-0.3, -0.25) is 9.59 Å². The van der Waals surface area contributed by atoms with Crippen LogP contribution in [0.2, 0.25) is 0 Å². The van der Waals surface area contributed by atoms with Gasteiger partial charge in [-0.25, -0.2) is 4.39 Å². The van der Waals surface area contributed by atoms with E-state index in [1.807, 2.05) is 31.2 Å². The van der Waals surface area contributed by atoms with Gasteiger partial charge in [0.05, 0.1) is 0 Å². The number of para-hydroxylation sites is 1. The molecule has 2 amide bonds. The molecule has 3 aromatic rings. The van der Waals surface area contributed by atoms with Gasteiger partial charge < -0.3 is 10.6 Å². The Kier molecular flexibility index (Phi) is 5.61. The molecule has 4 nitrogen and oxygen atoms in total. The molecule has 0 atom stereocenters. The Labute approximate surface area is 157 Å². The maximum absolute atomic E-state index is 13.6. The van der Waals surface area contributed by atoms with E-state index in [4.69, 9.17) is 0 Å². The Bertz CT molecular complexity index is 968. The number of anilines is 1. The van der Waals surface area contributed by atoms with E-state index in [2.05, 4.69) is 10.6 Å². The number of rotatable bonds is 5. The molecule has 0 bridgehead atoms. The van der Waals surface area contributed by atoms with Gasteiger partial charge in [-0.1, -0.05) is 36.4 Å². The van der Waals surface area contributed by atoms with Crippen molar-refractivity contribution in [1.29, 1.82) is 0 Å². The first-order valence-corrected chi connectivity index (χ1v) is 8.53. The van der Waals surface area contributed by atoms with Gasteiger partial charge in [0.25, 0.3) is 11.8 Å². The molecule has 0 unspecified atom stereocenters. The van der Waals surface area contributed by atoms with Crippen LogP contribution in [0.3, 0.4) is 0 Å². The lowest BCUT2D eigenvalue weighted by molar-refractivity contribution is 0.0948. The Hall–Kier alpha value is -3.47. The van der Waals surface area contributed by atoms with Crippen LogP contribution in [0.1, 0.15) is 31.8 Å². The smallest absolute Gasteiger partial charge is 0.255 e. The van der Waals surface area contributed by atoms with E-state index in [1.165, 1.54) is 6.07 Å². The lowest BCUT2D eigenvalue weighted by Crippen LogP contribution is -2.23. The Morgan fingerprint density at radius 1 is 0.815 bits per heavy atom. The minimum absolute atomic E-state index is 0.0982. The van der Waals surface area contributed by atoms with E-state index in [1.54, 1.807) is 42.5 Å². The second-order valence-electron chi connectivity index (χ2n) is 6.12. The summed E-state index contributed by atoms with van der Waals surface area (Å²) < 4.78 is 13.6. The van der Waals surface area contributed by atoms with E-state index in [9.17, 15) is 14.0 Å². The van der Waals surface area contributed by atoms with Gasteiger partial charge >= 0.3 is 0 Å². The molecule has 0 spiro atoms. The van der Waals surface area contributed by atoms with Crippen molar-refractivity contribution in [1.82, 2.24) is 5.32 Å². The summed E-state index contributed by atoms with van der Waals surface area (Å²) in [7, 11) is 0. The zero-order valence-electron chi connectivity index (χ0n) is 14.8. The summed E-state index contributed by atoms with van der Waals surface area (Å²) in [5.74, 6) is -0.937. The largest absolute Gasteiger partial charge is 0.348 e. The molecule has 3 rings (SSSR count). The fraction of sp³-hybridized carbons (Fsp3) is 0.0909. The first-order valence-electron chi connectivity index (χ1n) is 8.53. The number of carbonyl (C=O) groups excluding carboxylic acids is 2. The summed E-state index contributed by atoms with van der Waals surface area (Å²) in [6.45, 7) is 2.01. The highest BCUT2D eigenvalue weighted by Crippen LogP contribution is 2.15. The molecule has 2 N–H and O–H groups in total. The lowest BCUT2D eigenvalue weighted by Gasteiger charge is -2.09. The van der Waals surface area contributed by atoms with Gasteiger partial charge in [0, 0.05) is 28.9 Å². The summed E-state index contributed by atoms with van der Waals surface area (Å²) >= 11 is 0. The quantitative estimate of drug-likeness (QED) is 0.710. The number of carbonyl (C=O) groups is 2. The molecule has 27 heavy (non-hydrogen) atoms. The van der Waals surface area contributed by atoms with Gasteiger partial charge in [-0.05, 0) is 48.9 Å². The van der Waals surface area contributed by atoms with Crippen molar-refractivity contribution in [2.24, 2.45) is 0 Å². The molecule has 0 fully saturated rings. The van der Waals surface area contributed by atoms with Crippen LogP contribution < -0.4 is 10.6 Å². The SMILES string of the molecule is Cc1ccccc1NC(=O)c1ccc(C(=O)NCc2ccccc2F)cc1. The van der Waals surface area contributed by atoms with Crippen LogP contribution in [0.5, 0.6) is 0 Å². The van der Waals surface area contributed by atoms with Crippen LogP contribution >= 0.6 is 0 Å². The van der Waals surface area contributed by atoms with Crippen molar-refractivity contribution in [2.45, 2.75) is 13.5 Å². The minimum atomic E-state index is -0.360. The highest BCUT2D eigenvalue weighted by atomic mass is 19.1. The standard InChI is InChI=1S/C22H19FN2O2/c1-15-6-2-5-9-20(15)25-22(27)17-12-10-16(11-13-17)21(26)24-14-18-7-3-4-8-19(18)23/h2-13H,14H2,1H3,(H,24,26)(H,25,27). The molecule has 0 heterocycles. The number of benzene rings is 3. The third-order valence-corrected chi connectivity index (χ3v) is 4.20. The fourth-order valence-electron chi connectivity index (χ4n) is 2.60. The molecule has 0 aliphatic rings. The van der Waals surface area contributed by atoms with Crippen LogP contribution in [0.4, 0.5) is 10.1 Å². The third-order valence-electron chi connectivity index (χ3n) is 4.20. The molecule has 3 aromatic carbocycles. The van der Waals surface area contributed by atoms with E-state index in [0.29, 0.717) is 16.7 Å². The Morgan fingerprint density at radius 3 is 2.07 bits per heavy atom. The zero-order valence-corrected chi connectivity index (χ0v) is 14.8. The topological polar surface area (TPSA) is 58.2 Å². The average Bonchev–Trinajstić information content (AvgIpc) is 2.69. The normalized spacial score (nSPS) is 10.3. The molecule has 0 aromatic heterocycles. The van der Waals surface area contributed by atoms with E-state index in [-0.39, 0.29) is 24.2 Å². The predicted octanol–water partition coefficient (Wildman–Crippen LogP) is 4.32. The molecule has 0 saturated carbocycles. The number of aryl methyl sites for hydroxylation is 1. The van der Waals surface area contributed by atoms with Gasteiger partial charge in [0.15, 0.2) is 0 Å². The zero-order chi connectivity index (χ0) is 19.2. The van der Waals surface area contributed by atoms with Gasteiger partial charge in [-0.2, -0.15) is 0 Å². The van der Waals surface area contributed by atoms with Crippen LogP contribution in [0, 0.1) is 12.7 Å². The highest BCUT2D eigenvalue weighted by Gasteiger charge is 2.10. The molecule has 0 saturated heterocycles. The molecular formula is C22H19FN2O2. The predicted molar refractivity (Wildman–Crippen MR) is 103 cm³/mol. The first-order chi connectivity index (χ1) is 13.0. The van der Waals surface area contributed by atoms with Crippen molar-refractivity contribution in [3.63, 3.8) is 0 Å². The summed E-state index contributed by atoms with van der Waals surface area (Å²) in [6.07, 6.45) is 0. The monoisotopic (exact) mass is 362 g/mol. The third kappa shape index (κ3) is 4.58. The van der Waals surface area contributed by atoms with E-state index in [0.717, 1.165) is 11.3 Å². The second-order valence-corrected chi connectivity index (χ2v) is 6.12. The Morgan fingerprint density at radius 2 is 1.41 bits per heavy atom. The number of hydrogen-bond acceptors (Lipinski definition) is 2. The number of halogens is 1. The van der Waals surface area contributed by atoms with E-state index >= 15 is 0 Å². The highest BCUT2D eigenvalue weighted by molar-refractivity contribution is 6.05. The maximum atomic E-state index is 13.6. The molecular weight excluding hydrogens is 343 g/mol. The molecule has 136 valence electrons. The number of amides is 2. The van der Waals surface area contributed by atoms with E-state index < -0.39 is 0 Å². The van der Waals surface area contributed by atoms with Crippen molar-refractivity contribution in [3.8, 4) is 0 Å². The summed E-state index contributed by atoms with van der Waals surface area (Å²) in [4.78, 5) is 24.6. The molecule has 5 heteroatoms. The van der Waals surface area contributed by atoms with Crippen molar-refractivity contribution in [3.05, 3.63) is 101 Å². The van der Waals surface area contributed by atoms with Crippen molar-refractivity contribution < 1.29 is 14.0 Å². The Balaban J connectivity index is 1.62. The minimum Gasteiger partial charge on any atom is -0.348 e. The fourth-order valence-corrected chi connectivity index (χ4v) is 2.60. The summed E-state index contributed by atoms with van der Waals surface area (Å²) in [6, 6.07) is 20.1. The molecule has 0 aliphatic heterocycles. The van der Waals surface area contributed by atoms with Gasteiger partial charge in [-0.15, -0.1) is 0 Å². The van der Waals surface area contributed by atoms with Crippen LogP contribution in [0.25, 0.3) is 0 Å². The number of nitrogens with one attached hydrogen (secondary N) is 2. The van der Waals surface area contributed by atoms with Crippen LogP contribution in [-0.2, 0) is 6.54 Å².